The van der Waals surface area contributed by atoms with Gasteiger partial charge in [0.25, 0.3) is 5.91 Å². The standard InChI is InChI=1S/C12H12N2O3S2/c13-7-9(6-11-2-1-4-18-11)12(15)14-10-3-5-19(16,17)8-10/h1-2,4,6,10H,3,5,8H2,(H,14,15)/b9-6+. The van der Waals surface area contributed by atoms with Gasteiger partial charge in [0.05, 0.1) is 11.5 Å². The topological polar surface area (TPSA) is 87.0 Å². The van der Waals surface area contributed by atoms with Crippen molar-refractivity contribution in [3.05, 3.63) is 28.0 Å². The SMILES string of the molecule is N#C/C(=C\c1cccs1)C(=O)NC1CCS(=O)(=O)C1. The fourth-order valence-electron chi connectivity index (χ4n) is 1.84. The van der Waals surface area contributed by atoms with Crippen LogP contribution in [0.5, 0.6) is 0 Å². The van der Waals surface area contributed by atoms with Crippen LogP contribution in [-0.4, -0.2) is 31.9 Å². The van der Waals surface area contributed by atoms with Crippen LogP contribution in [0.2, 0.25) is 0 Å². The van der Waals surface area contributed by atoms with Crippen LogP contribution in [0.25, 0.3) is 6.08 Å². The fraction of sp³-hybridized carbons (Fsp3) is 0.333. The van der Waals surface area contributed by atoms with E-state index in [0.717, 1.165) is 4.88 Å². The van der Waals surface area contributed by atoms with Gasteiger partial charge in [0, 0.05) is 10.9 Å². The summed E-state index contributed by atoms with van der Waals surface area (Å²) >= 11 is 1.42. The Kier molecular flexibility index (Phi) is 4.02. The molecule has 1 atom stereocenters. The van der Waals surface area contributed by atoms with Crippen LogP contribution in [0, 0.1) is 11.3 Å². The predicted octanol–water partition coefficient (Wildman–Crippen LogP) is 0.958. The minimum atomic E-state index is -3.04. The van der Waals surface area contributed by atoms with Crippen molar-refractivity contribution in [1.29, 1.82) is 5.26 Å². The van der Waals surface area contributed by atoms with Gasteiger partial charge in [-0.15, -0.1) is 11.3 Å². The fourth-order valence-corrected chi connectivity index (χ4v) is 4.17. The van der Waals surface area contributed by atoms with Crippen molar-refractivity contribution in [1.82, 2.24) is 5.32 Å². The van der Waals surface area contributed by atoms with Crippen molar-refractivity contribution in [2.45, 2.75) is 12.5 Å². The van der Waals surface area contributed by atoms with Gasteiger partial charge >= 0.3 is 0 Å². The van der Waals surface area contributed by atoms with Crippen molar-refractivity contribution < 1.29 is 13.2 Å². The third-order valence-electron chi connectivity index (χ3n) is 2.76. The van der Waals surface area contributed by atoms with E-state index in [2.05, 4.69) is 5.32 Å². The van der Waals surface area contributed by atoms with E-state index in [4.69, 9.17) is 5.26 Å². The monoisotopic (exact) mass is 296 g/mol. The molecule has 1 aliphatic rings. The van der Waals surface area contributed by atoms with Crippen LogP contribution in [-0.2, 0) is 14.6 Å². The van der Waals surface area contributed by atoms with E-state index < -0.39 is 21.8 Å². The van der Waals surface area contributed by atoms with Gasteiger partial charge in [-0.25, -0.2) is 8.42 Å². The number of carbonyl (C=O) groups excluding carboxylic acids is 1. The third-order valence-corrected chi connectivity index (χ3v) is 5.35. The molecule has 2 rings (SSSR count). The number of thiophene rings is 1. The summed E-state index contributed by atoms with van der Waals surface area (Å²) in [6, 6.07) is 5.08. The van der Waals surface area contributed by atoms with Gasteiger partial charge < -0.3 is 5.32 Å². The Balaban J connectivity index is 2.05. The summed E-state index contributed by atoms with van der Waals surface area (Å²) < 4.78 is 22.6. The number of rotatable bonds is 3. The Morgan fingerprint density at radius 2 is 2.37 bits per heavy atom. The molecule has 0 bridgehead atoms. The highest BCUT2D eigenvalue weighted by Gasteiger charge is 2.29. The van der Waals surface area contributed by atoms with Crippen LogP contribution >= 0.6 is 11.3 Å². The molecule has 1 aromatic rings. The molecule has 1 aromatic heterocycles. The Morgan fingerprint density at radius 3 is 2.89 bits per heavy atom. The minimum absolute atomic E-state index is 0.00764. The second-order valence-corrected chi connectivity index (χ2v) is 7.47. The first-order valence-electron chi connectivity index (χ1n) is 5.67. The van der Waals surface area contributed by atoms with Crippen molar-refractivity contribution in [2.75, 3.05) is 11.5 Å². The van der Waals surface area contributed by atoms with E-state index in [9.17, 15) is 13.2 Å². The molecule has 0 aliphatic carbocycles. The summed E-state index contributed by atoms with van der Waals surface area (Å²) in [4.78, 5) is 12.7. The van der Waals surface area contributed by atoms with Crippen LogP contribution in [0.15, 0.2) is 23.1 Å². The van der Waals surface area contributed by atoms with E-state index in [-0.39, 0.29) is 17.1 Å². The van der Waals surface area contributed by atoms with E-state index in [0.29, 0.717) is 6.42 Å². The summed E-state index contributed by atoms with van der Waals surface area (Å²) in [6.45, 7) is 0. The molecule has 1 saturated heterocycles. The number of sulfone groups is 1. The highest BCUT2D eigenvalue weighted by atomic mass is 32.2. The molecular weight excluding hydrogens is 284 g/mol. The van der Waals surface area contributed by atoms with Crippen molar-refractivity contribution in [3.63, 3.8) is 0 Å². The molecule has 5 nitrogen and oxygen atoms in total. The van der Waals surface area contributed by atoms with Gasteiger partial charge in [-0.3, -0.25) is 4.79 Å². The number of carbonyl (C=O) groups is 1. The molecule has 0 spiro atoms. The van der Waals surface area contributed by atoms with Gasteiger partial charge in [0.2, 0.25) is 0 Å². The molecule has 1 unspecified atom stereocenters. The predicted molar refractivity (Wildman–Crippen MR) is 73.1 cm³/mol. The lowest BCUT2D eigenvalue weighted by Gasteiger charge is -2.09. The Bertz CT molecular complexity index is 639. The average Bonchev–Trinajstić information content (AvgIpc) is 2.95. The number of amides is 1. The van der Waals surface area contributed by atoms with E-state index in [1.165, 1.54) is 17.4 Å². The zero-order chi connectivity index (χ0) is 13.9. The summed E-state index contributed by atoms with van der Waals surface area (Å²) in [6.07, 6.45) is 1.91. The molecule has 1 N–H and O–H groups in total. The molecule has 19 heavy (non-hydrogen) atoms. The maximum absolute atomic E-state index is 11.9. The lowest BCUT2D eigenvalue weighted by atomic mass is 10.2. The van der Waals surface area contributed by atoms with E-state index >= 15 is 0 Å². The van der Waals surface area contributed by atoms with Crippen LogP contribution in [0.1, 0.15) is 11.3 Å². The average molecular weight is 296 g/mol. The van der Waals surface area contributed by atoms with Gasteiger partial charge in [0.1, 0.15) is 11.6 Å². The quantitative estimate of drug-likeness (QED) is 0.665. The summed E-state index contributed by atoms with van der Waals surface area (Å²) in [5.41, 5.74) is -0.00764. The van der Waals surface area contributed by atoms with Crippen molar-refractivity contribution >= 4 is 33.2 Å². The molecule has 0 aromatic carbocycles. The van der Waals surface area contributed by atoms with Crippen LogP contribution < -0.4 is 5.32 Å². The lowest BCUT2D eigenvalue weighted by Crippen LogP contribution is -2.36. The van der Waals surface area contributed by atoms with Crippen LogP contribution in [0.4, 0.5) is 0 Å². The highest BCUT2D eigenvalue weighted by molar-refractivity contribution is 7.91. The Labute approximate surface area is 115 Å². The molecule has 7 heteroatoms. The molecule has 1 aliphatic heterocycles. The van der Waals surface area contributed by atoms with Gasteiger partial charge in [-0.05, 0) is 23.9 Å². The van der Waals surface area contributed by atoms with Gasteiger partial charge in [-0.2, -0.15) is 5.26 Å². The first-order chi connectivity index (χ1) is 9.00. The molecule has 100 valence electrons. The number of nitrogens with zero attached hydrogens (tertiary/aromatic N) is 1. The molecular formula is C12H12N2O3S2. The molecule has 1 amide bonds. The Morgan fingerprint density at radius 1 is 1.58 bits per heavy atom. The molecule has 0 radical (unpaired) electrons. The summed E-state index contributed by atoms with van der Waals surface area (Å²) in [5.74, 6) is -0.469. The van der Waals surface area contributed by atoms with E-state index in [1.807, 2.05) is 17.5 Å². The zero-order valence-corrected chi connectivity index (χ0v) is 11.6. The molecule has 1 fully saturated rings. The summed E-state index contributed by atoms with van der Waals surface area (Å²) in [5, 5.41) is 13.4. The zero-order valence-electron chi connectivity index (χ0n) is 10.00. The van der Waals surface area contributed by atoms with Gasteiger partial charge in [-0.1, -0.05) is 6.07 Å². The smallest absolute Gasteiger partial charge is 0.262 e. The van der Waals surface area contributed by atoms with Crippen molar-refractivity contribution in [2.24, 2.45) is 0 Å². The first kappa shape index (κ1) is 13.8. The number of hydrogen-bond acceptors (Lipinski definition) is 5. The Hall–Kier alpha value is -1.65. The molecule has 2 heterocycles. The van der Waals surface area contributed by atoms with E-state index in [1.54, 1.807) is 6.07 Å². The largest absolute Gasteiger partial charge is 0.348 e. The second-order valence-electron chi connectivity index (χ2n) is 4.26. The highest BCUT2D eigenvalue weighted by Crippen LogP contribution is 2.15. The van der Waals surface area contributed by atoms with Crippen LogP contribution in [0.3, 0.4) is 0 Å². The minimum Gasteiger partial charge on any atom is -0.348 e. The molecule has 0 saturated carbocycles. The number of nitriles is 1. The number of hydrogen-bond donors (Lipinski definition) is 1. The maximum Gasteiger partial charge on any atom is 0.262 e. The normalized spacial score (nSPS) is 21.8. The second kappa shape index (κ2) is 5.55. The van der Waals surface area contributed by atoms with Gasteiger partial charge in [0.15, 0.2) is 9.84 Å². The third kappa shape index (κ3) is 3.66. The first-order valence-corrected chi connectivity index (χ1v) is 8.37. The maximum atomic E-state index is 11.9. The lowest BCUT2D eigenvalue weighted by molar-refractivity contribution is -0.117. The number of nitrogens with one attached hydrogen (secondary N) is 1. The summed E-state index contributed by atoms with van der Waals surface area (Å²) in [7, 11) is -3.04. The van der Waals surface area contributed by atoms with Crippen molar-refractivity contribution in [3.8, 4) is 6.07 Å².